The molecule has 0 bridgehead atoms. The van der Waals surface area contributed by atoms with E-state index in [9.17, 15) is 9.46 Å². The van der Waals surface area contributed by atoms with Crippen LogP contribution in [0.3, 0.4) is 0 Å². The molecule has 43 heavy (non-hydrogen) atoms. The first-order chi connectivity index (χ1) is 20.5. The highest BCUT2D eigenvalue weighted by molar-refractivity contribution is 7.99. The lowest BCUT2D eigenvalue weighted by molar-refractivity contribution is 0.0718. The van der Waals surface area contributed by atoms with Gasteiger partial charge in [0.05, 0.1) is 25.6 Å². The molecular formula is C32H48N5O4PS. The molecule has 0 saturated carbocycles. The Morgan fingerprint density at radius 3 is 2.47 bits per heavy atom. The molecule has 2 aromatic heterocycles. The van der Waals surface area contributed by atoms with Crippen LogP contribution in [0.5, 0.6) is 0 Å². The standard InChI is InChI=1S/C32H48N5O4PS/c1-26(22-37-24-36-29-30(33)34-23-35-31(29)37)40-25-42(38,39)41-19-13-21-43-20-12-10-8-6-5-7-9-11-14-27-15-17-28(18-16-27)32(2,3)4/h15-18,23-24,26H,5-10,12-13,19-22,25H2,1-4H3,(H,38,39)(H2,33,34,35)/t26-/m1/s1. The highest BCUT2D eigenvalue weighted by Gasteiger charge is 2.21. The topological polar surface area (TPSA) is 125 Å². The smallest absolute Gasteiger partial charge is 0.353 e. The van der Waals surface area contributed by atoms with Crippen molar-refractivity contribution in [3.8, 4) is 11.8 Å². The molecule has 1 unspecified atom stereocenters. The lowest BCUT2D eigenvalue weighted by Crippen LogP contribution is -2.17. The van der Waals surface area contributed by atoms with Crippen molar-refractivity contribution in [3.63, 3.8) is 0 Å². The second kappa shape index (κ2) is 17.8. The number of aromatic nitrogens is 4. The Morgan fingerprint density at radius 1 is 1.02 bits per heavy atom. The number of rotatable bonds is 18. The summed E-state index contributed by atoms with van der Waals surface area (Å²) in [5.74, 6) is 8.93. The van der Waals surface area contributed by atoms with E-state index in [1.807, 2.05) is 18.7 Å². The molecule has 9 nitrogen and oxygen atoms in total. The average Bonchev–Trinajstić information content (AvgIpc) is 3.37. The van der Waals surface area contributed by atoms with Crippen LogP contribution in [0.2, 0.25) is 0 Å². The van der Waals surface area contributed by atoms with E-state index in [0.717, 1.165) is 36.3 Å². The SMILES string of the molecule is C[C@H](Cn1cnc2c(N)ncnc21)OCP(=O)(O)OCCCSCCCCCCCCC#Cc1ccc(C(C)(C)C)cc1. The fourth-order valence-electron chi connectivity index (χ4n) is 4.43. The van der Waals surface area contributed by atoms with Crippen molar-refractivity contribution in [2.45, 2.75) is 97.1 Å². The third kappa shape index (κ3) is 13.0. The number of hydrogen-bond acceptors (Lipinski definition) is 8. The summed E-state index contributed by atoms with van der Waals surface area (Å²) in [6.45, 7) is 9.15. The maximum Gasteiger partial charge on any atom is 0.353 e. The van der Waals surface area contributed by atoms with Gasteiger partial charge < -0.3 is 24.5 Å². The van der Waals surface area contributed by atoms with Gasteiger partial charge in [0, 0.05) is 12.0 Å². The van der Waals surface area contributed by atoms with Crippen molar-refractivity contribution in [1.82, 2.24) is 19.5 Å². The third-order valence-electron chi connectivity index (χ3n) is 6.96. The minimum atomic E-state index is -3.81. The van der Waals surface area contributed by atoms with Gasteiger partial charge in [0.1, 0.15) is 18.2 Å². The van der Waals surface area contributed by atoms with Gasteiger partial charge in [-0.25, -0.2) is 15.0 Å². The molecule has 3 N–H and O–H groups in total. The normalized spacial score (nSPS) is 13.9. The number of nitrogen functional groups attached to an aromatic ring is 1. The van der Waals surface area contributed by atoms with Crippen molar-refractivity contribution in [3.05, 3.63) is 48.0 Å². The first-order valence-electron chi connectivity index (χ1n) is 15.2. The molecule has 0 radical (unpaired) electrons. The Morgan fingerprint density at radius 2 is 1.72 bits per heavy atom. The molecule has 0 spiro atoms. The zero-order valence-electron chi connectivity index (χ0n) is 26.1. The average molecular weight is 630 g/mol. The van der Waals surface area contributed by atoms with Gasteiger partial charge >= 0.3 is 7.60 Å². The van der Waals surface area contributed by atoms with Gasteiger partial charge in [-0.2, -0.15) is 11.8 Å². The van der Waals surface area contributed by atoms with Crippen LogP contribution in [-0.4, -0.2) is 55.0 Å². The Hall–Kier alpha value is -2.41. The van der Waals surface area contributed by atoms with Crippen LogP contribution in [0.1, 0.15) is 90.2 Å². The molecule has 0 aliphatic rings. The summed E-state index contributed by atoms with van der Waals surface area (Å²) in [6.07, 6.45) is 11.3. The summed E-state index contributed by atoms with van der Waals surface area (Å²) in [5.41, 5.74) is 9.55. The van der Waals surface area contributed by atoms with E-state index in [0.29, 0.717) is 23.5 Å². The van der Waals surface area contributed by atoms with E-state index in [4.69, 9.17) is 15.0 Å². The molecule has 236 valence electrons. The van der Waals surface area contributed by atoms with Gasteiger partial charge in [0.2, 0.25) is 0 Å². The summed E-state index contributed by atoms with van der Waals surface area (Å²) in [7, 11) is -3.81. The van der Waals surface area contributed by atoms with Crippen LogP contribution >= 0.6 is 19.4 Å². The van der Waals surface area contributed by atoms with E-state index >= 15 is 0 Å². The Balaban J connectivity index is 1.13. The summed E-state index contributed by atoms with van der Waals surface area (Å²) in [6, 6.07) is 8.62. The van der Waals surface area contributed by atoms with E-state index in [1.165, 1.54) is 44.0 Å². The second-order valence-corrected chi connectivity index (χ2v) is 14.9. The van der Waals surface area contributed by atoms with Gasteiger partial charge in [0.15, 0.2) is 11.5 Å². The number of thioether (sulfide) groups is 1. The van der Waals surface area contributed by atoms with Crippen molar-refractivity contribution in [2.24, 2.45) is 0 Å². The molecule has 2 atom stereocenters. The Labute approximate surface area is 261 Å². The van der Waals surface area contributed by atoms with Gasteiger partial charge in [-0.3, -0.25) is 4.57 Å². The second-order valence-electron chi connectivity index (χ2n) is 11.9. The number of ether oxygens (including phenoxy) is 1. The largest absolute Gasteiger partial charge is 0.382 e. The number of fused-ring (bicyclic) bond motifs is 1. The van der Waals surface area contributed by atoms with E-state index in [1.54, 1.807) is 10.9 Å². The minimum Gasteiger partial charge on any atom is -0.382 e. The van der Waals surface area contributed by atoms with Gasteiger partial charge in [-0.1, -0.05) is 70.4 Å². The number of imidazole rings is 1. The molecule has 0 saturated heterocycles. The molecular weight excluding hydrogens is 581 g/mol. The van der Waals surface area contributed by atoms with Crippen molar-refractivity contribution in [2.75, 3.05) is 30.2 Å². The molecule has 3 aromatic rings. The fraction of sp³-hybridized carbons (Fsp3) is 0.594. The third-order valence-corrected chi connectivity index (χ3v) is 9.17. The predicted molar refractivity (Wildman–Crippen MR) is 177 cm³/mol. The first kappa shape index (κ1) is 35.1. The van der Waals surface area contributed by atoms with Gasteiger partial charge in [-0.05, 0) is 60.8 Å². The maximum absolute atomic E-state index is 12.3. The van der Waals surface area contributed by atoms with E-state index < -0.39 is 7.60 Å². The quantitative estimate of drug-likeness (QED) is 0.0855. The molecule has 11 heteroatoms. The molecule has 1 aromatic carbocycles. The van der Waals surface area contributed by atoms with Crippen LogP contribution in [0.25, 0.3) is 11.2 Å². The van der Waals surface area contributed by atoms with Crippen LogP contribution in [0.4, 0.5) is 5.82 Å². The summed E-state index contributed by atoms with van der Waals surface area (Å²) >= 11 is 1.87. The molecule has 0 amide bonds. The van der Waals surface area contributed by atoms with Crippen molar-refractivity contribution >= 4 is 36.3 Å². The Kier molecular flexibility index (Phi) is 14.5. The van der Waals surface area contributed by atoms with E-state index in [-0.39, 0.29) is 24.5 Å². The number of benzene rings is 1. The van der Waals surface area contributed by atoms with Crippen LogP contribution in [-0.2, 0) is 25.8 Å². The lowest BCUT2D eigenvalue weighted by atomic mass is 9.87. The van der Waals surface area contributed by atoms with Gasteiger partial charge in [0.25, 0.3) is 0 Å². The number of hydrogen-bond donors (Lipinski definition) is 2. The minimum absolute atomic E-state index is 0.177. The predicted octanol–water partition coefficient (Wildman–Crippen LogP) is 7.18. The zero-order valence-corrected chi connectivity index (χ0v) is 27.8. The Bertz CT molecular complexity index is 1360. The first-order valence-corrected chi connectivity index (χ1v) is 18.1. The summed E-state index contributed by atoms with van der Waals surface area (Å²) in [4.78, 5) is 22.5. The number of unbranched alkanes of at least 4 members (excludes halogenated alkanes) is 6. The van der Waals surface area contributed by atoms with Gasteiger partial charge in [-0.15, -0.1) is 0 Å². The summed E-state index contributed by atoms with van der Waals surface area (Å²) < 4.78 is 25.0. The van der Waals surface area contributed by atoms with Crippen molar-refractivity contribution in [1.29, 1.82) is 0 Å². The monoisotopic (exact) mass is 629 g/mol. The van der Waals surface area contributed by atoms with Crippen LogP contribution < -0.4 is 5.73 Å². The van der Waals surface area contributed by atoms with Crippen molar-refractivity contribution < 1.29 is 18.7 Å². The lowest BCUT2D eigenvalue weighted by Gasteiger charge is -2.18. The molecule has 0 fully saturated rings. The zero-order chi connectivity index (χ0) is 31.1. The highest BCUT2D eigenvalue weighted by atomic mass is 32.2. The molecule has 3 rings (SSSR count). The highest BCUT2D eigenvalue weighted by Crippen LogP contribution is 2.42. The molecule has 0 aliphatic heterocycles. The fourth-order valence-corrected chi connectivity index (χ4v) is 6.30. The van der Waals surface area contributed by atoms with Crippen LogP contribution in [0, 0.1) is 11.8 Å². The van der Waals surface area contributed by atoms with Crippen LogP contribution in [0.15, 0.2) is 36.9 Å². The van der Waals surface area contributed by atoms with E-state index in [2.05, 4.69) is 71.8 Å². The summed E-state index contributed by atoms with van der Waals surface area (Å²) in [5, 5.41) is 0. The number of nitrogens with zero attached hydrogens (tertiary/aromatic N) is 4. The number of nitrogens with two attached hydrogens (primary N) is 1. The number of anilines is 1. The molecule has 2 heterocycles. The molecule has 0 aliphatic carbocycles. The maximum atomic E-state index is 12.3.